The number of hydrogen-bond donors (Lipinski definition) is 1. The maximum Gasteiger partial charge on any atom is 0.309 e. The van der Waals surface area contributed by atoms with E-state index in [1.54, 1.807) is 6.33 Å². The van der Waals surface area contributed by atoms with Gasteiger partial charge in [-0.05, 0) is 112 Å². The molecule has 9 nitrogen and oxygen atoms in total. The summed E-state index contributed by atoms with van der Waals surface area (Å²) in [7, 11) is 0. The number of aromatic nitrogens is 4. The highest BCUT2D eigenvalue weighted by Crippen LogP contribution is 2.58. The van der Waals surface area contributed by atoms with E-state index in [0.717, 1.165) is 49.4 Å². The minimum Gasteiger partial charge on any atom is -0.465 e. The highest BCUT2D eigenvalue weighted by molar-refractivity contribution is 5.74. The van der Waals surface area contributed by atoms with Crippen LogP contribution in [0.25, 0.3) is 11.2 Å². The van der Waals surface area contributed by atoms with E-state index in [1.807, 2.05) is 4.57 Å². The van der Waals surface area contributed by atoms with Gasteiger partial charge in [-0.2, -0.15) is 0 Å². The summed E-state index contributed by atoms with van der Waals surface area (Å²) in [5.74, 6) is 4.99. The van der Waals surface area contributed by atoms with Crippen molar-refractivity contribution in [2.45, 2.75) is 76.7 Å². The summed E-state index contributed by atoms with van der Waals surface area (Å²) in [5, 5.41) is 0. The van der Waals surface area contributed by atoms with Crippen LogP contribution in [0.4, 0.5) is 0 Å². The molecule has 0 saturated heterocycles. The number of aromatic amines is 1. The zero-order valence-corrected chi connectivity index (χ0v) is 23.1. The Balaban J connectivity index is 0.959. The van der Waals surface area contributed by atoms with Crippen LogP contribution in [0.1, 0.15) is 76.7 Å². The second-order valence-electron chi connectivity index (χ2n) is 14.2. The van der Waals surface area contributed by atoms with Gasteiger partial charge >= 0.3 is 11.9 Å². The lowest BCUT2D eigenvalue weighted by molar-refractivity contribution is -0.166. The van der Waals surface area contributed by atoms with Crippen molar-refractivity contribution >= 4 is 23.1 Å². The molecule has 8 aliphatic rings. The van der Waals surface area contributed by atoms with Gasteiger partial charge in [0.15, 0.2) is 11.2 Å². The average molecular weight is 549 g/mol. The van der Waals surface area contributed by atoms with Gasteiger partial charge in [0.2, 0.25) is 0 Å². The predicted octanol–water partition coefficient (Wildman–Crippen LogP) is 4.28. The largest absolute Gasteiger partial charge is 0.465 e. The summed E-state index contributed by atoms with van der Waals surface area (Å²) in [5.41, 5.74) is 0.402. The first-order chi connectivity index (χ1) is 19.5. The minimum atomic E-state index is -0.327. The number of ether oxygens (including phenoxy) is 2. The van der Waals surface area contributed by atoms with Crippen molar-refractivity contribution < 1.29 is 19.1 Å². The van der Waals surface area contributed by atoms with Gasteiger partial charge in [-0.25, -0.2) is 9.97 Å². The zero-order valence-electron chi connectivity index (χ0n) is 23.1. The van der Waals surface area contributed by atoms with Gasteiger partial charge in [-0.3, -0.25) is 14.4 Å². The molecular weight excluding hydrogens is 508 g/mol. The molecule has 214 valence electrons. The highest BCUT2D eigenvalue weighted by Gasteiger charge is 2.52. The number of hydrogen-bond acceptors (Lipinski definition) is 7. The lowest BCUT2D eigenvalue weighted by atomic mass is 9.52. The van der Waals surface area contributed by atoms with E-state index in [1.165, 1.54) is 44.9 Å². The Morgan fingerprint density at radius 1 is 0.800 bits per heavy atom. The fourth-order valence-electron chi connectivity index (χ4n) is 10.7. The maximum absolute atomic E-state index is 13.5. The molecule has 8 bridgehead atoms. The topological polar surface area (TPSA) is 116 Å². The Bertz CT molecular complexity index is 1310. The molecule has 0 spiro atoms. The third-order valence-electron chi connectivity index (χ3n) is 11.9. The molecular formula is C31H40N4O5. The van der Waals surface area contributed by atoms with E-state index in [-0.39, 0.29) is 54.1 Å². The predicted molar refractivity (Wildman–Crippen MR) is 145 cm³/mol. The van der Waals surface area contributed by atoms with Crippen molar-refractivity contribution in [2.75, 3.05) is 13.2 Å². The van der Waals surface area contributed by atoms with Gasteiger partial charge in [-0.15, -0.1) is 0 Å². The Morgan fingerprint density at radius 3 is 1.88 bits per heavy atom. The van der Waals surface area contributed by atoms with Crippen LogP contribution in [-0.2, 0) is 19.1 Å². The highest BCUT2D eigenvalue weighted by atomic mass is 16.5. The van der Waals surface area contributed by atoms with Crippen molar-refractivity contribution in [1.82, 2.24) is 19.5 Å². The van der Waals surface area contributed by atoms with Crippen molar-refractivity contribution in [2.24, 2.45) is 59.2 Å². The SMILES string of the molecule is O=C(OCCC(COC(=O)C1C2CC3CC(C2)CC1C3)n1cnc2c(=O)[nH]cnc21)C1C2CC3CC(C2)CC1C3. The lowest BCUT2D eigenvalue weighted by Gasteiger charge is -2.53. The number of esters is 2. The molecule has 2 aromatic rings. The Kier molecular flexibility index (Phi) is 6.07. The van der Waals surface area contributed by atoms with Crippen LogP contribution in [0, 0.1) is 59.2 Å². The molecule has 10 rings (SSSR count). The number of carbonyl (C=O) groups excluding carboxylic acids is 2. The van der Waals surface area contributed by atoms with E-state index < -0.39 is 0 Å². The molecule has 0 amide bonds. The van der Waals surface area contributed by atoms with E-state index >= 15 is 0 Å². The van der Waals surface area contributed by atoms with Crippen LogP contribution in [0.15, 0.2) is 17.4 Å². The molecule has 8 aliphatic carbocycles. The summed E-state index contributed by atoms with van der Waals surface area (Å²) in [6.45, 7) is 0.391. The van der Waals surface area contributed by atoms with Crippen LogP contribution in [0.2, 0.25) is 0 Å². The van der Waals surface area contributed by atoms with Crippen LogP contribution in [-0.4, -0.2) is 44.7 Å². The first-order valence-electron chi connectivity index (χ1n) is 15.7. The molecule has 0 radical (unpaired) electrons. The summed E-state index contributed by atoms with van der Waals surface area (Å²) in [6.07, 6.45) is 15.5. The van der Waals surface area contributed by atoms with Crippen molar-refractivity contribution in [3.63, 3.8) is 0 Å². The fourth-order valence-corrected chi connectivity index (χ4v) is 10.7. The van der Waals surface area contributed by atoms with Gasteiger partial charge in [0.05, 0.1) is 37.1 Å². The van der Waals surface area contributed by atoms with E-state index in [2.05, 4.69) is 15.0 Å². The fraction of sp³-hybridized carbons (Fsp3) is 0.774. The van der Waals surface area contributed by atoms with Crippen LogP contribution >= 0.6 is 0 Å². The standard InChI is InChI=1S/C31H40N4O5/c36-29-27-28(32-14-33-29)35(15-34-27)24(13-40-31(38)26-22-9-18-4-19(11-22)12-23(26)10-18)1-2-39-30(37)25-20-5-16-3-17(7-20)8-21(25)6-16/h14-26H,1-13H2,(H,32,33,36). The third kappa shape index (κ3) is 4.21. The third-order valence-corrected chi connectivity index (χ3v) is 11.9. The normalized spacial score (nSPS) is 39.5. The molecule has 0 aromatic carbocycles. The minimum absolute atomic E-state index is 0.00343. The summed E-state index contributed by atoms with van der Waals surface area (Å²) >= 11 is 0. The molecule has 8 saturated carbocycles. The molecule has 2 aromatic heterocycles. The summed E-state index contributed by atoms with van der Waals surface area (Å²) < 4.78 is 13.8. The number of nitrogens with zero attached hydrogens (tertiary/aromatic N) is 3. The number of nitrogens with one attached hydrogen (secondary N) is 1. The van der Waals surface area contributed by atoms with Crippen LogP contribution < -0.4 is 5.56 Å². The van der Waals surface area contributed by atoms with Crippen molar-refractivity contribution in [3.8, 4) is 0 Å². The number of rotatable bonds is 8. The molecule has 9 heteroatoms. The number of carbonyl (C=O) groups is 2. The van der Waals surface area contributed by atoms with Gasteiger partial charge < -0.3 is 19.0 Å². The molecule has 1 atom stereocenters. The van der Waals surface area contributed by atoms with E-state index in [9.17, 15) is 14.4 Å². The molecule has 1 unspecified atom stereocenters. The van der Waals surface area contributed by atoms with Crippen molar-refractivity contribution in [1.29, 1.82) is 0 Å². The first kappa shape index (κ1) is 25.0. The summed E-state index contributed by atoms with van der Waals surface area (Å²) in [4.78, 5) is 50.3. The molecule has 1 N–H and O–H groups in total. The zero-order chi connectivity index (χ0) is 27.0. The maximum atomic E-state index is 13.5. The van der Waals surface area contributed by atoms with Gasteiger partial charge in [0.25, 0.3) is 5.56 Å². The van der Waals surface area contributed by atoms with Gasteiger partial charge in [0, 0.05) is 6.42 Å². The van der Waals surface area contributed by atoms with Crippen LogP contribution in [0.3, 0.4) is 0 Å². The van der Waals surface area contributed by atoms with E-state index in [0.29, 0.717) is 35.7 Å². The second kappa shape index (κ2) is 9.69. The van der Waals surface area contributed by atoms with Gasteiger partial charge in [0.1, 0.15) is 6.61 Å². The molecule has 8 fully saturated rings. The second-order valence-corrected chi connectivity index (χ2v) is 14.2. The van der Waals surface area contributed by atoms with Crippen molar-refractivity contribution in [3.05, 3.63) is 23.0 Å². The molecule has 0 aliphatic heterocycles. The quantitative estimate of drug-likeness (QED) is 0.490. The molecule has 40 heavy (non-hydrogen) atoms. The number of H-pyrrole nitrogens is 1. The molecule has 2 heterocycles. The lowest BCUT2D eigenvalue weighted by Crippen LogP contribution is -2.48. The number of imidazole rings is 1. The monoisotopic (exact) mass is 548 g/mol. The van der Waals surface area contributed by atoms with Gasteiger partial charge in [-0.1, -0.05) is 0 Å². The first-order valence-corrected chi connectivity index (χ1v) is 15.7. The Morgan fingerprint density at radius 2 is 1.32 bits per heavy atom. The average Bonchev–Trinajstić information content (AvgIpc) is 3.35. The number of fused-ring (bicyclic) bond motifs is 1. The summed E-state index contributed by atoms with van der Waals surface area (Å²) in [6, 6.07) is -0.327. The smallest absolute Gasteiger partial charge is 0.309 e. The Hall–Kier alpha value is -2.71. The van der Waals surface area contributed by atoms with E-state index in [4.69, 9.17) is 9.47 Å². The Labute approximate surface area is 233 Å². The van der Waals surface area contributed by atoms with Crippen LogP contribution in [0.5, 0.6) is 0 Å².